The van der Waals surface area contributed by atoms with Crippen LogP contribution in [0, 0.1) is 0 Å². The lowest BCUT2D eigenvalue weighted by Gasteiger charge is -2.37. The van der Waals surface area contributed by atoms with E-state index in [1.54, 1.807) is 21.3 Å². The van der Waals surface area contributed by atoms with Crippen molar-refractivity contribution in [2.45, 2.75) is 38.3 Å². The summed E-state index contributed by atoms with van der Waals surface area (Å²) in [5, 5.41) is 0. The zero-order valence-electron chi connectivity index (χ0n) is 23.1. The molecule has 2 aliphatic heterocycles. The SMILES string of the molecule is COc1ccc(OCC2c3cc(OC)c(OC)cc3CCN2C(=O)COc2cccc3c2OC(C)(C)C3)cc1. The molecule has 0 fully saturated rings. The van der Waals surface area contributed by atoms with Crippen LogP contribution in [0.5, 0.6) is 34.5 Å². The van der Waals surface area contributed by atoms with Gasteiger partial charge in [-0.2, -0.15) is 0 Å². The van der Waals surface area contributed by atoms with Gasteiger partial charge in [-0.05, 0) is 73.9 Å². The summed E-state index contributed by atoms with van der Waals surface area (Å²) in [7, 11) is 4.85. The van der Waals surface area contributed by atoms with Crippen LogP contribution in [0.3, 0.4) is 0 Å². The first-order valence-electron chi connectivity index (χ1n) is 13.1. The molecule has 0 N–H and O–H groups in total. The lowest BCUT2D eigenvalue weighted by Crippen LogP contribution is -2.44. The van der Waals surface area contributed by atoms with Gasteiger partial charge in [0.1, 0.15) is 23.7 Å². The Hall–Kier alpha value is -4.07. The molecule has 39 heavy (non-hydrogen) atoms. The van der Waals surface area contributed by atoms with Gasteiger partial charge in [0, 0.05) is 18.5 Å². The third-order valence-electron chi connectivity index (χ3n) is 7.20. The molecule has 0 bridgehead atoms. The second kappa shape index (κ2) is 11.0. The second-order valence-corrected chi connectivity index (χ2v) is 10.3. The van der Waals surface area contributed by atoms with Crippen molar-refractivity contribution in [2.75, 3.05) is 41.1 Å². The fourth-order valence-corrected chi connectivity index (χ4v) is 5.28. The third-order valence-corrected chi connectivity index (χ3v) is 7.20. The lowest BCUT2D eigenvalue weighted by atomic mass is 9.92. The summed E-state index contributed by atoms with van der Waals surface area (Å²) in [6, 6.07) is 16.8. The normalized spacial score (nSPS) is 16.9. The molecule has 206 valence electrons. The molecule has 3 aromatic rings. The van der Waals surface area contributed by atoms with Gasteiger partial charge >= 0.3 is 0 Å². The number of nitrogens with zero attached hydrogens (tertiary/aromatic N) is 1. The number of para-hydroxylation sites is 1. The van der Waals surface area contributed by atoms with Crippen molar-refractivity contribution in [3.05, 3.63) is 71.3 Å². The van der Waals surface area contributed by atoms with Crippen LogP contribution in [-0.4, -0.2) is 57.5 Å². The number of fused-ring (bicyclic) bond motifs is 2. The van der Waals surface area contributed by atoms with E-state index in [-0.39, 0.29) is 30.8 Å². The molecule has 0 radical (unpaired) electrons. The van der Waals surface area contributed by atoms with Gasteiger partial charge < -0.3 is 33.3 Å². The fourth-order valence-electron chi connectivity index (χ4n) is 5.28. The number of ether oxygens (including phenoxy) is 6. The van der Waals surface area contributed by atoms with E-state index in [1.165, 1.54) is 0 Å². The van der Waals surface area contributed by atoms with Crippen LogP contribution in [0.15, 0.2) is 54.6 Å². The van der Waals surface area contributed by atoms with Gasteiger partial charge in [-0.25, -0.2) is 0 Å². The highest BCUT2D eigenvalue weighted by Crippen LogP contribution is 2.42. The van der Waals surface area contributed by atoms with Gasteiger partial charge in [-0.15, -0.1) is 0 Å². The number of carbonyl (C=O) groups is 1. The molecule has 2 aliphatic rings. The quantitative estimate of drug-likeness (QED) is 0.383. The average molecular weight is 534 g/mol. The first-order valence-corrected chi connectivity index (χ1v) is 13.1. The molecule has 0 saturated carbocycles. The molecule has 0 spiro atoms. The number of methoxy groups -OCH3 is 3. The smallest absolute Gasteiger partial charge is 0.261 e. The summed E-state index contributed by atoms with van der Waals surface area (Å²) in [5.74, 6) is 3.87. The van der Waals surface area contributed by atoms with Crippen molar-refractivity contribution in [2.24, 2.45) is 0 Å². The molecular formula is C31H35NO7. The van der Waals surface area contributed by atoms with E-state index in [9.17, 15) is 4.79 Å². The van der Waals surface area contributed by atoms with E-state index in [2.05, 4.69) is 0 Å². The molecule has 3 aromatic carbocycles. The second-order valence-electron chi connectivity index (χ2n) is 10.3. The predicted octanol–water partition coefficient (Wildman–Crippen LogP) is 5.01. The van der Waals surface area contributed by atoms with Crippen molar-refractivity contribution in [1.82, 2.24) is 4.90 Å². The standard InChI is InChI=1S/C31H35NO7/c1-31(2)17-21-7-6-8-26(30(21)39-31)38-19-29(33)32-14-13-20-15-27(35-4)28(36-5)16-24(20)25(32)18-37-23-11-9-22(34-3)10-12-23/h6-12,15-16,25H,13-14,17-19H2,1-5H3. The van der Waals surface area contributed by atoms with E-state index in [0.717, 1.165) is 34.6 Å². The summed E-state index contributed by atoms with van der Waals surface area (Å²) in [6.45, 7) is 4.77. The number of amides is 1. The molecular weight excluding hydrogens is 498 g/mol. The van der Waals surface area contributed by atoms with Gasteiger partial charge in [-0.3, -0.25) is 4.79 Å². The summed E-state index contributed by atoms with van der Waals surface area (Å²) < 4.78 is 34.7. The zero-order valence-corrected chi connectivity index (χ0v) is 23.1. The van der Waals surface area contributed by atoms with Crippen LogP contribution in [0.25, 0.3) is 0 Å². The first kappa shape index (κ1) is 26.5. The molecule has 0 aliphatic carbocycles. The van der Waals surface area contributed by atoms with Gasteiger partial charge in [0.25, 0.3) is 5.91 Å². The molecule has 8 nitrogen and oxygen atoms in total. The minimum atomic E-state index is -0.344. The Kier molecular flexibility index (Phi) is 7.46. The maximum atomic E-state index is 13.6. The predicted molar refractivity (Wildman–Crippen MR) is 147 cm³/mol. The van der Waals surface area contributed by atoms with Gasteiger partial charge in [0.15, 0.2) is 29.6 Å². The summed E-state index contributed by atoms with van der Waals surface area (Å²) in [4.78, 5) is 15.4. The zero-order chi connectivity index (χ0) is 27.6. The summed E-state index contributed by atoms with van der Waals surface area (Å²) in [5.41, 5.74) is 2.85. The topological polar surface area (TPSA) is 75.7 Å². The molecule has 2 heterocycles. The molecule has 5 rings (SSSR count). The Morgan fingerprint density at radius 2 is 1.62 bits per heavy atom. The van der Waals surface area contributed by atoms with Crippen molar-refractivity contribution in [1.29, 1.82) is 0 Å². The van der Waals surface area contributed by atoms with Crippen LogP contribution < -0.4 is 28.4 Å². The first-order chi connectivity index (χ1) is 18.8. The van der Waals surface area contributed by atoms with E-state index in [4.69, 9.17) is 28.4 Å². The minimum absolute atomic E-state index is 0.109. The Morgan fingerprint density at radius 3 is 2.33 bits per heavy atom. The van der Waals surface area contributed by atoms with Gasteiger partial charge in [0.2, 0.25) is 0 Å². The maximum absolute atomic E-state index is 13.6. The van der Waals surface area contributed by atoms with Crippen molar-refractivity contribution in [3.8, 4) is 34.5 Å². The van der Waals surface area contributed by atoms with Crippen molar-refractivity contribution >= 4 is 5.91 Å². The van der Waals surface area contributed by atoms with E-state index < -0.39 is 0 Å². The molecule has 1 atom stereocenters. The number of hydrogen-bond donors (Lipinski definition) is 0. The van der Waals surface area contributed by atoms with Crippen LogP contribution >= 0.6 is 0 Å². The number of rotatable bonds is 9. The highest BCUT2D eigenvalue weighted by molar-refractivity contribution is 5.79. The van der Waals surface area contributed by atoms with E-state index in [1.807, 2.05) is 73.3 Å². The molecule has 8 heteroatoms. The number of benzene rings is 3. The van der Waals surface area contributed by atoms with Crippen molar-refractivity contribution in [3.63, 3.8) is 0 Å². The molecule has 1 amide bonds. The van der Waals surface area contributed by atoms with Crippen LogP contribution in [0.1, 0.15) is 36.6 Å². The fraction of sp³-hybridized carbons (Fsp3) is 0.387. The van der Waals surface area contributed by atoms with Gasteiger partial charge in [-0.1, -0.05) is 12.1 Å². The highest BCUT2D eigenvalue weighted by atomic mass is 16.5. The summed E-state index contributed by atoms with van der Waals surface area (Å²) >= 11 is 0. The van der Waals surface area contributed by atoms with Gasteiger partial charge in [0.05, 0.1) is 27.4 Å². The molecule has 1 unspecified atom stereocenters. The minimum Gasteiger partial charge on any atom is -0.497 e. The van der Waals surface area contributed by atoms with E-state index >= 15 is 0 Å². The largest absolute Gasteiger partial charge is 0.497 e. The maximum Gasteiger partial charge on any atom is 0.261 e. The number of hydrogen-bond acceptors (Lipinski definition) is 7. The Labute approximate surface area is 229 Å². The summed E-state index contributed by atoms with van der Waals surface area (Å²) in [6.07, 6.45) is 1.48. The Morgan fingerprint density at radius 1 is 0.897 bits per heavy atom. The molecule has 0 aromatic heterocycles. The van der Waals surface area contributed by atoms with E-state index in [0.29, 0.717) is 36.0 Å². The molecule has 0 saturated heterocycles. The Bertz CT molecular complexity index is 1340. The van der Waals surface area contributed by atoms with Crippen LogP contribution in [0.4, 0.5) is 0 Å². The monoisotopic (exact) mass is 533 g/mol. The third kappa shape index (κ3) is 5.55. The number of carbonyl (C=O) groups excluding carboxylic acids is 1. The van der Waals surface area contributed by atoms with Crippen molar-refractivity contribution < 1.29 is 33.2 Å². The lowest BCUT2D eigenvalue weighted by molar-refractivity contribution is -0.137. The Balaban J connectivity index is 1.38. The average Bonchev–Trinajstić information content (AvgIpc) is 3.28. The van der Waals surface area contributed by atoms with Crippen LogP contribution in [0.2, 0.25) is 0 Å². The highest BCUT2D eigenvalue weighted by Gasteiger charge is 2.35. The van der Waals surface area contributed by atoms with Crippen LogP contribution in [-0.2, 0) is 17.6 Å².